The van der Waals surface area contributed by atoms with Gasteiger partial charge in [0.2, 0.25) is 0 Å². The summed E-state index contributed by atoms with van der Waals surface area (Å²) in [5, 5.41) is 4.76. The topological polar surface area (TPSA) is 65.8 Å². The zero-order valence-electron chi connectivity index (χ0n) is 9.93. The van der Waals surface area contributed by atoms with E-state index in [1.54, 1.807) is 12.4 Å². The Labute approximate surface area is 109 Å². The lowest BCUT2D eigenvalue weighted by Crippen LogP contribution is -2.21. The predicted molar refractivity (Wildman–Crippen MR) is 70.3 cm³/mol. The Bertz CT molecular complexity index is 669. The summed E-state index contributed by atoms with van der Waals surface area (Å²) in [6.07, 6.45) is 5.55. The average molecular weight is 265 g/mol. The first kappa shape index (κ1) is 11.3. The fourth-order valence-electron chi connectivity index (χ4n) is 2.09. The first-order valence-corrected chi connectivity index (χ1v) is 6.18. The van der Waals surface area contributed by atoms with Crippen LogP contribution in [0.1, 0.15) is 24.6 Å². The molecule has 2 heterocycles. The van der Waals surface area contributed by atoms with Gasteiger partial charge in [0.25, 0.3) is 5.56 Å². The minimum atomic E-state index is -0.266. The molecule has 0 radical (unpaired) electrons. The highest BCUT2D eigenvalue weighted by atomic mass is 35.5. The maximum atomic E-state index is 12.0. The number of hydrogen-bond acceptors (Lipinski definition) is 3. The first-order valence-electron chi connectivity index (χ1n) is 5.80. The molecule has 1 aliphatic rings. The third-order valence-electron chi connectivity index (χ3n) is 3.18. The van der Waals surface area contributed by atoms with E-state index in [0.717, 1.165) is 24.2 Å². The molecule has 0 unspecified atom stereocenters. The number of anilines is 1. The van der Waals surface area contributed by atoms with Gasteiger partial charge in [-0.2, -0.15) is 5.10 Å². The second kappa shape index (κ2) is 3.88. The van der Waals surface area contributed by atoms with Crippen molar-refractivity contribution in [3.63, 3.8) is 0 Å². The van der Waals surface area contributed by atoms with Gasteiger partial charge in [-0.05, 0) is 25.8 Å². The van der Waals surface area contributed by atoms with Crippen LogP contribution in [-0.2, 0) is 0 Å². The van der Waals surface area contributed by atoms with Gasteiger partial charge in [0.1, 0.15) is 0 Å². The van der Waals surface area contributed by atoms with Crippen LogP contribution in [0.4, 0.5) is 5.69 Å². The summed E-state index contributed by atoms with van der Waals surface area (Å²) in [5.41, 5.74) is 7.21. The van der Waals surface area contributed by atoms with Gasteiger partial charge in [-0.15, -0.1) is 0 Å². The number of aromatic nitrogens is 3. The van der Waals surface area contributed by atoms with Gasteiger partial charge in [-0.25, -0.2) is 0 Å². The SMILES string of the molecule is Cc1c(-n2cc(Cl)cc(N)c2=O)cnn1C1CC1. The van der Waals surface area contributed by atoms with Gasteiger partial charge in [0.05, 0.1) is 34.3 Å². The zero-order valence-corrected chi connectivity index (χ0v) is 10.7. The van der Waals surface area contributed by atoms with Crippen LogP contribution in [0.15, 0.2) is 23.3 Å². The van der Waals surface area contributed by atoms with Crippen molar-refractivity contribution in [2.75, 3.05) is 5.73 Å². The summed E-state index contributed by atoms with van der Waals surface area (Å²) in [7, 11) is 0. The summed E-state index contributed by atoms with van der Waals surface area (Å²) < 4.78 is 3.41. The fourth-order valence-corrected chi connectivity index (χ4v) is 2.30. The highest BCUT2D eigenvalue weighted by molar-refractivity contribution is 6.30. The normalized spacial score (nSPS) is 15.0. The molecule has 0 atom stereocenters. The van der Waals surface area contributed by atoms with E-state index in [9.17, 15) is 4.79 Å². The minimum Gasteiger partial charge on any atom is -0.394 e. The molecule has 6 heteroatoms. The van der Waals surface area contributed by atoms with Crippen LogP contribution in [0.3, 0.4) is 0 Å². The summed E-state index contributed by atoms with van der Waals surface area (Å²) >= 11 is 5.94. The Kier molecular flexibility index (Phi) is 2.45. The summed E-state index contributed by atoms with van der Waals surface area (Å²) in [6, 6.07) is 1.94. The molecule has 0 saturated heterocycles. The van der Waals surface area contributed by atoms with E-state index in [2.05, 4.69) is 5.10 Å². The minimum absolute atomic E-state index is 0.140. The molecule has 0 bridgehead atoms. The van der Waals surface area contributed by atoms with Crippen molar-refractivity contribution in [2.45, 2.75) is 25.8 Å². The number of nitrogens with two attached hydrogens (primary N) is 1. The summed E-state index contributed by atoms with van der Waals surface area (Å²) in [5.74, 6) is 0. The molecule has 94 valence electrons. The van der Waals surface area contributed by atoms with Crippen molar-refractivity contribution >= 4 is 17.3 Å². The van der Waals surface area contributed by atoms with Crippen LogP contribution in [0, 0.1) is 6.92 Å². The largest absolute Gasteiger partial charge is 0.394 e. The number of halogens is 1. The number of rotatable bonds is 2. The van der Waals surface area contributed by atoms with Crippen molar-refractivity contribution < 1.29 is 0 Å². The van der Waals surface area contributed by atoms with Gasteiger partial charge >= 0.3 is 0 Å². The highest BCUT2D eigenvalue weighted by Crippen LogP contribution is 2.36. The molecule has 2 aromatic heterocycles. The predicted octanol–water partition coefficient (Wildman–Crippen LogP) is 1.91. The van der Waals surface area contributed by atoms with E-state index in [1.807, 2.05) is 11.6 Å². The molecule has 1 fully saturated rings. The molecular formula is C12H13ClN4O. The van der Waals surface area contributed by atoms with Crippen LogP contribution in [0.5, 0.6) is 0 Å². The number of pyridine rings is 1. The van der Waals surface area contributed by atoms with Gasteiger partial charge < -0.3 is 5.73 Å². The monoisotopic (exact) mass is 264 g/mol. The van der Waals surface area contributed by atoms with Crippen LogP contribution < -0.4 is 11.3 Å². The Morgan fingerprint density at radius 1 is 1.50 bits per heavy atom. The molecule has 0 aromatic carbocycles. The van der Waals surface area contributed by atoms with E-state index in [1.165, 1.54) is 10.6 Å². The van der Waals surface area contributed by atoms with E-state index in [-0.39, 0.29) is 11.2 Å². The number of hydrogen-bond donors (Lipinski definition) is 1. The molecule has 2 N–H and O–H groups in total. The summed E-state index contributed by atoms with van der Waals surface area (Å²) in [6.45, 7) is 1.95. The molecule has 18 heavy (non-hydrogen) atoms. The van der Waals surface area contributed by atoms with E-state index >= 15 is 0 Å². The molecule has 0 amide bonds. The lowest BCUT2D eigenvalue weighted by molar-refractivity contribution is 0.621. The molecule has 1 aliphatic carbocycles. The average Bonchev–Trinajstić information content (AvgIpc) is 3.08. The van der Waals surface area contributed by atoms with E-state index < -0.39 is 0 Å². The smallest absolute Gasteiger partial charge is 0.278 e. The quantitative estimate of drug-likeness (QED) is 0.901. The van der Waals surface area contributed by atoms with Crippen LogP contribution in [0.2, 0.25) is 5.02 Å². The van der Waals surface area contributed by atoms with Crippen LogP contribution >= 0.6 is 11.6 Å². The Morgan fingerprint density at radius 3 is 2.89 bits per heavy atom. The van der Waals surface area contributed by atoms with Gasteiger partial charge in [-0.1, -0.05) is 11.6 Å². The van der Waals surface area contributed by atoms with Crippen molar-refractivity contribution in [3.05, 3.63) is 39.5 Å². The van der Waals surface area contributed by atoms with Crippen molar-refractivity contribution in [1.29, 1.82) is 0 Å². The van der Waals surface area contributed by atoms with Gasteiger partial charge in [0, 0.05) is 6.20 Å². The maximum absolute atomic E-state index is 12.0. The molecule has 0 spiro atoms. The number of nitrogen functional groups attached to an aromatic ring is 1. The molecule has 1 saturated carbocycles. The molecule has 5 nitrogen and oxygen atoms in total. The first-order chi connectivity index (χ1) is 8.58. The molecule has 2 aromatic rings. The summed E-state index contributed by atoms with van der Waals surface area (Å²) in [4.78, 5) is 12.0. The van der Waals surface area contributed by atoms with E-state index in [0.29, 0.717) is 11.1 Å². The lowest BCUT2D eigenvalue weighted by Gasteiger charge is -2.07. The van der Waals surface area contributed by atoms with Crippen LogP contribution in [0.25, 0.3) is 5.69 Å². The van der Waals surface area contributed by atoms with Crippen molar-refractivity contribution in [1.82, 2.24) is 14.3 Å². The molecule has 3 rings (SSSR count). The van der Waals surface area contributed by atoms with Gasteiger partial charge in [-0.3, -0.25) is 14.0 Å². The van der Waals surface area contributed by atoms with E-state index in [4.69, 9.17) is 17.3 Å². The van der Waals surface area contributed by atoms with Gasteiger partial charge in [0.15, 0.2) is 0 Å². The Balaban J connectivity index is 2.18. The molecule has 0 aliphatic heterocycles. The lowest BCUT2D eigenvalue weighted by atomic mass is 10.3. The third-order valence-corrected chi connectivity index (χ3v) is 3.39. The molecular weight excluding hydrogens is 252 g/mol. The Morgan fingerprint density at radius 2 is 2.22 bits per heavy atom. The standard InChI is InChI=1S/C12H13ClN4O/c1-7-11(5-15-17(7)9-2-3-9)16-6-8(13)4-10(14)12(16)18/h4-6,9H,2-3,14H2,1H3. The second-order valence-corrected chi connectivity index (χ2v) is 5.02. The fraction of sp³-hybridized carbons (Fsp3) is 0.333. The Hall–Kier alpha value is -1.75. The highest BCUT2D eigenvalue weighted by Gasteiger charge is 2.27. The second-order valence-electron chi connectivity index (χ2n) is 4.58. The number of nitrogens with zero attached hydrogens (tertiary/aromatic N) is 3. The maximum Gasteiger partial charge on any atom is 0.278 e. The van der Waals surface area contributed by atoms with Crippen molar-refractivity contribution in [3.8, 4) is 5.69 Å². The zero-order chi connectivity index (χ0) is 12.9. The third kappa shape index (κ3) is 1.71. The van der Waals surface area contributed by atoms with Crippen LogP contribution in [-0.4, -0.2) is 14.3 Å². The van der Waals surface area contributed by atoms with Crippen molar-refractivity contribution in [2.24, 2.45) is 0 Å².